The highest BCUT2D eigenvalue weighted by atomic mass is 16.6. The molecule has 0 aromatic carbocycles. The van der Waals surface area contributed by atoms with Crippen LogP contribution in [0.5, 0.6) is 0 Å². The van der Waals surface area contributed by atoms with E-state index in [2.05, 4.69) is 5.32 Å². The molecule has 2 rings (SSSR count). The molecule has 1 aliphatic heterocycles. The minimum atomic E-state index is -0.492. The Labute approximate surface area is 108 Å². The summed E-state index contributed by atoms with van der Waals surface area (Å²) in [5.41, 5.74) is -0.833. The maximum Gasteiger partial charge on any atom is 0.408 e. The number of hydrogen-bond donors (Lipinski definition) is 1. The molecule has 5 heteroatoms. The number of rotatable bonds is 2. The maximum absolute atomic E-state index is 11.8. The van der Waals surface area contributed by atoms with Gasteiger partial charge in [-0.2, -0.15) is 0 Å². The van der Waals surface area contributed by atoms with Gasteiger partial charge in [0, 0.05) is 19.0 Å². The number of nitrogens with zero attached hydrogens (tertiary/aromatic N) is 1. The fourth-order valence-electron chi connectivity index (χ4n) is 2.17. The highest BCUT2D eigenvalue weighted by Crippen LogP contribution is 2.34. The van der Waals surface area contributed by atoms with E-state index in [1.165, 1.54) is 0 Å². The second-order valence-electron chi connectivity index (χ2n) is 6.66. The predicted molar refractivity (Wildman–Crippen MR) is 67.1 cm³/mol. The quantitative estimate of drug-likeness (QED) is 0.813. The van der Waals surface area contributed by atoms with Gasteiger partial charge in [0.1, 0.15) is 5.60 Å². The van der Waals surface area contributed by atoms with Gasteiger partial charge < -0.3 is 15.0 Å². The summed E-state index contributed by atoms with van der Waals surface area (Å²) in [6, 6.07) is 0. The van der Waals surface area contributed by atoms with Crippen LogP contribution in [0.3, 0.4) is 0 Å². The Morgan fingerprint density at radius 2 is 1.83 bits per heavy atom. The van der Waals surface area contributed by atoms with Crippen LogP contribution in [0.15, 0.2) is 0 Å². The lowest BCUT2D eigenvalue weighted by atomic mass is 9.92. The molecule has 102 valence electrons. The van der Waals surface area contributed by atoms with Gasteiger partial charge in [-0.3, -0.25) is 4.79 Å². The molecule has 0 spiro atoms. The van der Waals surface area contributed by atoms with E-state index < -0.39 is 11.7 Å². The summed E-state index contributed by atoms with van der Waals surface area (Å²) < 4.78 is 5.21. The van der Waals surface area contributed by atoms with Crippen LogP contribution in [0.4, 0.5) is 4.79 Å². The molecule has 0 atom stereocenters. The van der Waals surface area contributed by atoms with Crippen molar-refractivity contribution in [3.05, 3.63) is 0 Å². The van der Waals surface area contributed by atoms with Gasteiger partial charge in [-0.15, -0.1) is 0 Å². The Hall–Kier alpha value is -1.26. The summed E-state index contributed by atoms with van der Waals surface area (Å²) in [5, 5.41) is 2.84. The first-order valence-corrected chi connectivity index (χ1v) is 6.48. The van der Waals surface area contributed by atoms with Gasteiger partial charge in [-0.25, -0.2) is 4.79 Å². The number of hydrogen-bond acceptors (Lipinski definition) is 3. The van der Waals surface area contributed by atoms with Gasteiger partial charge in [0.2, 0.25) is 5.91 Å². The Balaban J connectivity index is 1.77. The third-order valence-electron chi connectivity index (χ3n) is 3.12. The monoisotopic (exact) mass is 254 g/mol. The van der Waals surface area contributed by atoms with Crippen molar-refractivity contribution in [2.45, 2.75) is 51.7 Å². The standard InChI is InChI=1S/C13H22N2O3/c1-12(2,3)18-11(17)14-13(4)7-15(8-13)10(16)9-5-6-9/h9H,5-8H2,1-4H3,(H,14,17). The van der Waals surface area contributed by atoms with E-state index >= 15 is 0 Å². The van der Waals surface area contributed by atoms with Gasteiger partial charge >= 0.3 is 6.09 Å². The van der Waals surface area contributed by atoms with Crippen LogP contribution >= 0.6 is 0 Å². The first kappa shape index (κ1) is 13.2. The van der Waals surface area contributed by atoms with E-state index in [0.29, 0.717) is 13.1 Å². The normalized spacial score (nSPS) is 22.1. The van der Waals surface area contributed by atoms with E-state index in [9.17, 15) is 9.59 Å². The molecule has 1 aliphatic carbocycles. The van der Waals surface area contributed by atoms with E-state index in [0.717, 1.165) is 12.8 Å². The Morgan fingerprint density at radius 3 is 2.28 bits per heavy atom. The Morgan fingerprint density at radius 1 is 1.28 bits per heavy atom. The van der Waals surface area contributed by atoms with Crippen molar-refractivity contribution in [3.63, 3.8) is 0 Å². The maximum atomic E-state index is 11.8. The topological polar surface area (TPSA) is 58.6 Å². The second-order valence-corrected chi connectivity index (χ2v) is 6.66. The average molecular weight is 254 g/mol. The Bertz CT molecular complexity index is 363. The fourth-order valence-corrected chi connectivity index (χ4v) is 2.17. The summed E-state index contributed by atoms with van der Waals surface area (Å²) in [4.78, 5) is 25.2. The van der Waals surface area contributed by atoms with Crippen LogP contribution in [-0.2, 0) is 9.53 Å². The van der Waals surface area contributed by atoms with Crippen LogP contribution in [0.1, 0.15) is 40.5 Å². The molecule has 18 heavy (non-hydrogen) atoms. The van der Waals surface area contributed by atoms with Crippen LogP contribution in [0.25, 0.3) is 0 Å². The van der Waals surface area contributed by atoms with Gasteiger partial charge in [-0.1, -0.05) is 0 Å². The van der Waals surface area contributed by atoms with Crippen LogP contribution in [0, 0.1) is 5.92 Å². The number of likely N-dealkylation sites (tertiary alicyclic amines) is 1. The number of nitrogens with one attached hydrogen (secondary N) is 1. The van der Waals surface area contributed by atoms with Crippen molar-refractivity contribution >= 4 is 12.0 Å². The molecule has 1 saturated carbocycles. The third kappa shape index (κ3) is 3.15. The summed E-state index contributed by atoms with van der Waals surface area (Å²) in [5.74, 6) is 0.481. The number of alkyl carbamates (subject to hydrolysis) is 1. The summed E-state index contributed by atoms with van der Waals surface area (Å²) in [6.07, 6.45) is 1.63. The van der Waals surface area contributed by atoms with Crippen LogP contribution < -0.4 is 5.32 Å². The van der Waals surface area contributed by atoms with Crippen molar-refractivity contribution in [2.24, 2.45) is 5.92 Å². The lowest BCUT2D eigenvalue weighted by Crippen LogP contribution is -2.70. The lowest BCUT2D eigenvalue weighted by Gasteiger charge is -2.48. The van der Waals surface area contributed by atoms with Crippen molar-refractivity contribution in [1.82, 2.24) is 10.2 Å². The second kappa shape index (κ2) is 4.14. The Kier molecular flexibility index (Phi) is 3.03. The van der Waals surface area contributed by atoms with E-state index in [1.54, 1.807) is 0 Å². The zero-order valence-electron chi connectivity index (χ0n) is 11.6. The highest BCUT2D eigenvalue weighted by Gasteiger charge is 2.46. The first-order chi connectivity index (χ1) is 8.19. The summed E-state index contributed by atoms with van der Waals surface area (Å²) in [7, 11) is 0. The van der Waals surface area contributed by atoms with Crippen LogP contribution in [-0.4, -0.2) is 41.1 Å². The molecule has 2 fully saturated rings. The zero-order valence-corrected chi connectivity index (χ0v) is 11.6. The number of carbonyl (C=O) groups is 2. The van der Waals surface area contributed by atoms with E-state index in [1.807, 2.05) is 32.6 Å². The molecule has 1 N–H and O–H groups in total. The van der Waals surface area contributed by atoms with Crippen molar-refractivity contribution < 1.29 is 14.3 Å². The van der Waals surface area contributed by atoms with Gasteiger partial charge in [0.25, 0.3) is 0 Å². The molecule has 5 nitrogen and oxygen atoms in total. The minimum Gasteiger partial charge on any atom is -0.444 e. The molecule has 0 unspecified atom stereocenters. The van der Waals surface area contributed by atoms with Crippen LogP contribution in [0.2, 0.25) is 0 Å². The van der Waals surface area contributed by atoms with Crippen molar-refractivity contribution in [2.75, 3.05) is 13.1 Å². The summed E-state index contributed by atoms with van der Waals surface area (Å²) >= 11 is 0. The first-order valence-electron chi connectivity index (χ1n) is 6.48. The minimum absolute atomic E-state index is 0.235. The number of amides is 2. The largest absolute Gasteiger partial charge is 0.444 e. The van der Waals surface area contributed by atoms with E-state index in [-0.39, 0.29) is 17.4 Å². The molecule has 1 saturated heterocycles. The zero-order chi connectivity index (χ0) is 13.6. The van der Waals surface area contributed by atoms with Gasteiger partial charge in [0.15, 0.2) is 0 Å². The van der Waals surface area contributed by atoms with E-state index in [4.69, 9.17) is 4.74 Å². The van der Waals surface area contributed by atoms with Crippen molar-refractivity contribution in [3.8, 4) is 0 Å². The molecular weight excluding hydrogens is 232 g/mol. The molecule has 2 aliphatic rings. The number of carbonyl (C=O) groups excluding carboxylic acids is 2. The van der Waals surface area contributed by atoms with Gasteiger partial charge in [0.05, 0.1) is 5.54 Å². The molecule has 1 heterocycles. The molecule has 0 aromatic rings. The predicted octanol–water partition coefficient (Wildman–Crippen LogP) is 1.52. The third-order valence-corrected chi connectivity index (χ3v) is 3.12. The molecule has 0 radical (unpaired) electrons. The van der Waals surface area contributed by atoms with Crippen molar-refractivity contribution in [1.29, 1.82) is 0 Å². The summed E-state index contributed by atoms with van der Waals surface area (Å²) in [6.45, 7) is 8.60. The average Bonchev–Trinajstić information content (AvgIpc) is 2.91. The highest BCUT2D eigenvalue weighted by molar-refractivity contribution is 5.82. The SMILES string of the molecule is CC1(NC(=O)OC(C)(C)C)CN(C(=O)C2CC2)C1. The molecule has 0 bridgehead atoms. The molecule has 0 aromatic heterocycles. The molecule has 2 amide bonds. The smallest absolute Gasteiger partial charge is 0.408 e. The lowest BCUT2D eigenvalue weighted by molar-refractivity contribution is -0.140. The molecular formula is C13H22N2O3. The number of ether oxygens (including phenoxy) is 1. The van der Waals surface area contributed by atoms with Gasteiger partial charge in [-0.05, 0) is 40.5 Å². The fraction of sp³-hybridized carbons (Fsp3) is 0.846.